The summed E-state index contributed by atoms with van der Waals surface area (Å²) in [6, 6.07) is 9.91. The molecule has 1 N–H and O–H groups in total. The average molecular weight is 377 g/mol. The Morgan fingerprint density at radius 1 is 1.29 bits per heavy atom. The number of benzene rings is 1. The van der Waals surface area contributed by atoms with Crippen LogP contribution in [0.2, 0.25) is 0 Å². The van der Waals surface area contributed by atoms with E-state index in [1.165, 1.54) is 6.92 Å². The largest absolute Gasteiger partial charge is 0.488 e. The number of nitrogens with zero attached hydrogens (tertiary/aromatic N) is 4. The number of carbonyl (C=O) groups is 1. The van der Waals surface area contributed by atoms with Crippen LogP contribution in [0, 0.1) is 6.92 Å². The van der Waals surface area contributed by atoms with Crippen LogP contribution in [0.5, 0.6) is 5.75 Å². The first-order chi connectivity index (χ1) is 13.6. The Balaban J connectivity index is 1.46. The van der Waals surface area contributed by atoms with Gasteiger partial charge in [-0.3, -0.25) is 9.78 Å². The van der Waals surface area contributed by atoms with Gasteiger partial charge < -0.3 is 15.0 Å². The fourth-order valence-corrected chi connectivity index (χ4v) is 3.52. The number of amides is 1. The molecule has 0 aliphatic carbocycles. The highest BCUT2D eigenvalue weighted by molar-refractivity contribution is 5.91. The van der Waals surface area contributed by atoms with E-state index in [0.29, 0.717) is 6.54 Å². The van der Waals surface area contributed by atoms with Crippen molar-refractivity contribution >= 4 is 22.6 Å². The lowest BCUT2D eigenvalue weighted by Crippen LogP contribution is -2.25. The summed E-state index contributed by atoms with van der Waals surface area (Å²) in [4.78, 5) is 26.6. The zero-order valence-electron chi connectivity index (χ0n) is 16.1. The highest BCUT2D eigenvalue weighted by atomic mass is 16.5. The van der Waals surface area contributed by atoms with Gasteiger partial charge in [0.05, 0.1) is 24.3 Å². The topological polar surface area (TPSA) is 80.2 Å². The van der Waals surface area contributed by atoms with E-state index in [1.807, 2.05) is 18.2 Å². The van der Waals surface area contributed by atoms with Crippen LogP contribution >= 0.6 is 0 Å². The number of ether oxygens (including phenoxy) is 1. The molecule has 3 aromatic rings. The smallest absolute Gasteiger partial charge is 0.217 e. The van der Waals surface area contributed by atoms with Crippen LogP contribution in [0.25, 0.3) is 10.9 Å². The standard InChI is InChI=1S/C21H23N5O2/c1-14-4-3-5-19-20(14)24-13-25-21(19)26-9-7-18(12-26)28-17-6-8-22-16(10-17)11-23-15(2)27/h3-6,8,10,13,18H,7,9,11-12H2,1-2H3,(H,23,27). The van der Waals surface area contributed by atoms with Gasteiger partial charge in [-0.25, -0.2) is 9.97 Å². The number of aryl methyl sites for hydroxylation is 1. The Kier molecular flexibility index (Phi) is 5.06. The van der Waals surface area contributed by atoms with Crippen molar-refractivity contribution in [3.05, 3.63) is 54.1 Å². The molecule has 0 radical (unpaired) electrons. The number of nitrogens with one attached hydrogen (secondary N) is 1. The number of anilines is 1. The molecule has 1 amide bonds. The van der Waals surface area contributed by atoms with Gasteiger partial charge in [0.1, 0.15) is 24.0 Å². The van der Waals surface area contributed by atoms with Crippen molar-refractivity contribution < 1.29 is 9.53 Å². The van der Waals surface area contributed by atoms with E-state index in [1.54, 1.807) is 12.5 Å². The summed E-state index contributed by atoms with van der Waals surface area (Å²) in [5.74, 6) is 1.65. The van der Waals surface area contributed by atoms with Crippen molar-refractivity contribution in [1.29, 1.82) is 0 Å². The van der Waals surface area contributed by atoms with Crippen LogP contribution < -0.4 is 15.0 Å². The molecule has 0 saturated carbocycles. The first-order valence-electron chi connectivity index (χ1n) is 9.41. The average Bonchev–Trinajstić information content (AvgIpc) is 3.15. The van der Waals surface area contributed by atoms with Gasteiger partial charge in [0.25, 0.3) is 0 Å². The molecule has 1 aliphatic rings. The number of hydrogen-bond donors (Lipinski definition) is 1. The Morgan fingerprint density at radius 2 is 2.18 bits per heavy atom. The van der Waals surface area contributed by atoms with Crippen LogP contribution in [0.15, 0.2) is 42.9 Å². The number of fused-ring (bicyclic) bond motifs is 1. The van der Waals surface area contributed by atoms with Gasteiger partial charge in [0, 0.05) is 37.5 Å². The minimum Gasteiger partial charge on any atom is -0.488 e. The van der Waals surface area contributed by atoms with Crippen LogP contribution in [0.4, 0.5) is 5.82 Å². The quantitative estimate of drug-likeness (QED) is 0.736. The van der Waals surface area contributed by atoms with Gasteiger partial charge in [0.15, 0.2) is 0 Å². The van der Waals surface area contributed by atoms with Crippen molar-refractivity contribution in [2.75, 3.05) is 18.0 Å². The predicted molar refractivity (Wildman–Crippen MR) is 107 cm³/mol. The molecule has 1 aromatic carbocycles. The third kappa shape index (κ3) is 3.88. The van der Waals surface area contributed by atoms with Gasteiger partial charge in [-0.15, -0.1) is 0 Å². The van der Waals surface area contributed by atoms with Crippen molar-refractivity contribution in [1.82, 2.24) is 20.3 Å². The minimum atomic E-state index is -0.0770. The Labute approximate surface area is 163 Å². The molecule has 1 saturated heterocycles. The van der Waals surface area contributed by atoms with Crippen molar-refractivity contribution in [2.45, 2.75) is 32.9 Å². The third-order valence-electron chi connectivity index (χ3n) is 4.90. The molecule has 144 valence electrons. The van der Waals surface area contributed by atoms with E-state index in [-0.39, 0.29) is 12.0 Å². The summed E-state index contributed by atoms with van der Waals surface area (Å²) >= 11 is 0. The first kappa shape index (κ1) is 18.2. The SMILES string of the molecule is CC(=O)NCc1cc(OC2CCN(c3ncnc4c(C)cccc34)C2)ccn1. The Hall–Kier alpha value is -3.22. The summed E-state index contributed by atoms with van der Waals surface area (Å²) in [6.45, 7) is 5.61. The number of pyridine rings is 1. The van der Waals surface area contributed by atoms with E-state index < -0.39 is 0 Å². The minimum absolute atomic E-state index is 0.0749. The second kappa shape index (κ2) is 7.80. The lowest BCUT2D eigenvalue weighted by molar-refractivity contribution is -0.119. The van der Waals surface area contributed by atoms with Crippen LogP contribution in [0.1, 0.15) is 24.6 Å². The lowest BCUT2D eigenvalue weighted by atomic mass is 10.1. The van der Waals surface area contributed by atoms with Crippen molar-refractivity contribution in [3.8, 4) is 5.75 Å². The number of rotatable bonds is 5. The number of carbonyl (C=O) groups excluding carboxylic acids is 1. The summed E-state index contributed by atoms with van der Waals surface area (Å²) in [5, 5.41) is 3.83. The normalized spacial score (nSPS) is 16.4. The fourth-order valence-electron chi connectivity index (χ4n) is 3.52. The van der Waals surface area contributed by atoms with Gasteiger partial charge in [-0.1, -0.05) is 12.1 Å². The van der Waals surface area contributed by atoms with Gasteiger partial charge in [0.2, 0.25) is 5.91 Å². The molecule has 7 heteroatoms. The maximum absolute atomic E-state index is 11.1. The van der Waals surface area contributed by atoms with E-state index in [4.69, 9.17) is 4.74 Å². The first-order valence-corrected chi connectivity index (χ1v) is 9.41. The van der Waals surface area contributed by atoms with Crippen LogP contribution in [-0.2, 0) is 11.3 Å². The zero-order valence-corrected chi connectivity index (χ0v) is 16.1. The van der Waals surface area contributed by atoms with Gasteiger partial charge in [-0.05, 0) is 24.6 Å². The molecule has 0 bridgehead atoms. The molecule has 1 unspecified atom stereocenters. The monoisotopic (exact) mass is 377 g/mol. The number of aromatic nitrogens is 3. The molecule has 1 aliphatic heterocycles. The Bertz CT molecular complexity index is 1010. The highest BCUT2D eigenvalue weighted by Gasteiger charge is 2.26. The van der Waals surface area contributed by atoms with Gasteiger partial charge in [-0.2, -0.15) is 0 Å². The molecular formula is C21H23N5O2. The molecular weight excluding hydrogens is 354 g/mol. The summed E-state index contributed by atoms with van der Waals surface area (Å²) in [7, 11) is 0. The van der Waals surface area contributed by atoms with E-state index in [0.717, 1.165) is 53.2 Å². The maximum atomic E-state index is 11.1. The summed E-state index contributed by atoms with van der Waals surface area (Å²) in [5.41, 5.74) is 2.92. The second-order valence-electron chi connectivity index (χ2n) is 7.04. The molecule has 0 spiro atoms. The van der Waals surface area contributed by atoms with Gasteiger partial charge >= 0.3 is 0 Å². The van der Waals surface area contributed by atoms with E-state index in [9.17, 15) is 4.79 Å². The van der Waals surface area contributed by atoms with E-state index in [2.05, 4.69) is 44.2 Å². The molecule has 1 atom stereocenters. The molecule has 2 aromatic heterocycles. The molecule has 3 heterocycles. The van der Waals surface area contributed by atoms with Crippen molar-refractivity contribution in [3.63, 3.8) is 0 Å². The number of para-hydroxylation sites is 1. The van der Waals surface area contributed by atoms with Crippen molar-refractivity contribution in [2.24, 2.45) is 0 Å². The molecule has 7 nitrogen and oxygen atoms in total. The lowest BCUT2D eigenvalue weighted by Gasteiger charge is -2.20. The Morgan fingerprint density at radius 3 is 3.04 bits per heavy atom. The fraction of sp³-hybridized carbons (Fsp3) is 0.333. The highest BCUT2D eigenvalue weighted by Crippen LogP contribution is 2.28. The van der Waals surface area contributed by atoms with Crippen LogP contribution in [-0.4, -0.2) is 40.1 Å². The zero-order chi connectivity index (χ0) is 19.5. The maximum Gasteiger partial charge on any atom is 0.217 e. The molecule has 28 heavy (non-hydrogen) atoms. The third-order valence-corrected chi connectivity index (χ3v) is 4.90. The second-order valence-corrected chi connectivity index (χ2v) is 7.04. The van der Waals surface area contributed by atoms with Crippen LogP contribution in [0.3, 0.4) is 0 Å². The molecule has 4 rings (SSSR count). The van der Waals surface area contributed by atoms with E-state index >= 15 is 0 Å². The summed E-state index contributed by atoms with van der Waals surface area (Å²) in [6.07, 6.45) is 4.34. The molecule has 1 fully saturated rings. The predicted octanol–water partition coefficient (Wildman–Crippen LogP) is 2.63. The summed E-state index contributed by atoms with van der Waals surface area (Å²) < 4.78 is 6.17. The number of hydrogen-bond acceptors (Lipinski definition) is 6.